The second-order valence-electron chi connectivity index (χ2n) is 7.41. The number of carbonyl (C=O) groups is 3. The van der Waals surface area contributed by atoms with Gasteiger partial charge in [0.25, 0.3) is 0 Å². The van der Waals surface area contributed by atoms with Crippen LogP contribution in [0.15, 0.2) is 0 Å². The van der Waals surface area contributed by atoms with E-state index in [-0.39, 0.29) is 42.0 Å². The van der Waals surface area contributed by atoms with Crippen molar-refractivity contribution in [1.29, 1.82) is 0 Å². The highest BCUT2D eigenvalue weighted by Crippen LogP contribution is 2.64. The summed E-state index contributed by atoms with van der Waals surface area (Å²) in [6, 6.07) is -0.148. The Bertz CT molecular complexity index is 511. The maximum absolute atomic E-state index is 12.0. The molecule has 0 spiro atoms. The van der Waals surface area contributed by atoms with Crippen molar-refractivity contribution in [1.82, 2.24) is 5.32 Å². The van der Waals surface area contributed by atoms with Crippen molar-refractivity contribution in [3.63, 3.8) is 0 Å². The Morgan fingerprint density at radius 1 is 1.17 bits per heavy atom. The average Bonchev–Trinajstić information content (AvgIpc) is 3.01. The first kappa shape index (κ1) is 17.6. The fourth-order valence-electron chi connectivity index (χ4n) is 3.37. The molecule has 23 heavy (non-hydrogen) atoms. The number of amides is 1. The van der Waals surface area contributed by atoms with E-state index in [1.165, 1.54) is 13.8 Å². The van der Waals surface area contributed by atoms with Gasteiger partial charge in [0.2, 0.25) is 0 Å². The number of hydrogen-bond acceptors (Lipinski definition) is 6. The summed E-state index contributed by atoms with van der Waals surface area (Å²) < 4.78 is 15.8. The van der Waals surface area contributed by atoms with Crippen LogP contribution in [-0.2, 0) is 23.8 Å². The number of hydrogen-bond donors (Lipinski definition) is 1. The van der Waals surface area contributed by atoms with Crippen molar-refractivity contribution in [2.75, 3.05) is 6.61 Å². The van der Waals surface area contributed by atoms with Crippen LogP contribution in [0.3, 0.4) is 0 Å². The van der Waals surface area contributed by atoms with Gasteiger partial charge >= 0.3 is 18.0 Å². The lowest BCUT2D eigenvalue weighted by atomic mass is 10.0. The first-order valence-corrected chi connectivity index (χ1v) is 7.83. The third kappa shape index (κ3) is 4.14. The normalized spacial score (nSPS) is 31.8. The summed E-state index contributed by atoms with van der Waals surface area (Å²) in [6.45, 7) is 8.30. The summed E-state index contributed by atoms with van der Waals surface area (Å²) in [6.07, 6.45) is 0.409. The number of ether oxygens (including phenoxy) is 3. The fraction of sp³-hybridized carbons (Fsp3) is 0.812. The lowest BCUT2D eigenvalue weighted by molar-refractivity contribution is -0.153. The standard InChI is InChI=1S/C16H25NO6/c1-9(18)21-8-16-7-11(16)12(6-13(16)22-10(2)19)17-14(20)23-15(3,4)5/h11-13H,6-8H2,1-5H3,(H,17,20)/t11-,12+,13+,16+/m1/s1. The molecule has 0 radical (unpaired) electrons. The molecule has 2 aliphatic rings. The van der Waals surface area contributed by atoms with E-state index in [1.807, 2.05) is 0 Å². The van der Waals surface area contributed by atoms with Gasteiger partial charge < -0.3 is 19.5 Å². The molecule has 2 aliphatic carbocycles. The quantitative estimate of drug-likeness (QED) is 0.625. The monoisotopic (exact) mass is 327 g/mol. The van der Waals surface area contributed by atoms with Crippen LogP contribution in [0.4, 0.5) is 4.79 Å². The minimum Gasteiger partial charge on any atom is -0.465 e. The van der Waals surface area contributed by atoms with Gasteiger partial charge in [-0.05, 0) is 33.1 Å². The molecule has 0 aliphatic heterocycles. The number of nitrogens with one attached hydrogen (secondary N) is 1. The molecule has 2 fully saturated rings. The van der Waals surface area contributed by atoms with Gasteiger partial charge in [0.1, 0.15) is 18.3 Å². The van der Waals surface area contributed by atoms with Gasteiger partial charge in [-0.3, -0.25) is 9.59 Å². The summed E-state index contributed by atoms with van der Waals surface area (Å²) in [5.41, 5.74) is -0.951. The van der Waals surface area contributed by atoms with Gasteiger partial charge in [-0.1, -0.05) is 0 Å². The zero-order chi connectivity index (χ0) is 17.4. The van der Waals surface area contributed by atoms with Crippen LogP contribution < -0.4 is 5.32 Å². The van der Waals surface area contributed by atoms with Crippen molar-refractivity contribution in [2.24, 2.45) is 11.3 Å². The molecule has 1 amide bonds. The van der Waals surface area contributed by atoms with Crippen LogP contribution in [0.2, 0.25) is 0 Å². The second-order valence-corrected chi connectivity index (χ2v) is 7.41. The Morgan fingerprint density at radius 3 is 2.35 bits per heavy atom. The Labute approximate surface area is 136 Å². The number of alkyl carbamates (subject to hydrolysis) is 1. The Morgan fingerprint density at radius 2 is 1.83 bits per heavy atom. The van der Waals surface area contributed by atoms with Gasteiger partial charge in [0, 0.05) is 31.7 Å². The third-order valence-corrected chi connectivity index (χ3v) is 4.33. The molecule has 4 atom stereocenters. The molecule has 0 saturated heterocycles. The van der Waals surface area contributed by atoms with Crippen LogP contribution in [0.5, 0.6) is 0 Å². The largest absolute Gasteiger partial charge is 0.465 e. The van der Waals surface area contributed by atoms with Gasteiger partial charge in [0.05, 0.1) is 0 Å². The first-order valence-electron chi connectivity index (χ1n) is 7.83. The molecule has 1 N–H and O–H groups in total. The lowest BCUT2D eigenvalue weighted by Crippen LogP contribution is -2.40. The molecule has 0 heterocycles. The van der Waals surface area contributed by atoms with Crippen LogP contribution >= 0.6 is 0 Å². The van der Waals surface area contributed by atoms with Crippen LogP contribution in [0.25, 0.3) is 0 Å². The average molecular weight is 327 g/mol. The summed E-state index contributed by atoms with van der Waals surface area (Å²) in [5.74, 6) is -0.616. The predicted octanol–water partition coefficient (Wildman–Crippen LogP) is 1.78. The maximum Gasteiger partial charge on any atom is 0.407 e. The molecular weight excluding hydrogens is 302 g/mol. The van der Waals surface area contributed by atoms with Gasteiger partial charge in [-0.25, -0.2) is 4.79 Å². The SMILES string of the molecule is CC(=O)OC[C@@]12C[C@@H]1[C@@H](NC(=O)OC(C)(C)C)C[C@@H]2OC(C)=O. The summed E-state index contributed by atoms with van der Waals surface area (Å²) in [4.78, 5) is 34.4. The van der Waals surface area contributed by atoms with Crippen molar-refractivity contribution >= 4 is 18.0 Å². The highest BCUT2D eigenvalue weighted by Gasteiger charge is 2.69. The van der Waals surface area contributed by atoms with Crippen LogP contribution in [0.1, 0.15) is 47.5 Å². The Kier molecular flexibility index (Phi) is 4.59. The van der Waals surface area contributed by atoms with E-state index in [9.17, 15) is 14.4 Å². The smallest absolute Gasteiger partial charge is 0.407 e. The van der Waals surface area contributed by atoms with Crippen molar-refractivity contribution in [3.8, 4) is 0 Å². The van der Waals surface area contributed by atoms with E-state index < -0.39 is 11.7 Å². The number of esters is 2. The second kappa shape index (κ2) is 6.02. The fourth-order valence-corrected chi connectivity index (χ4v) is 3.37. The lowest BCUT2D eigenvalue weighted by Gasteiger charge is -2.24. The molecule has 0 bridgehead atoms. The van der Waals surface area contributed by atoms with Crippen molar-refractivity contribution in [2.45, 2.75) is 65.2 Å². The van der Waals surface area contributed by atoms with E-state index in [1.54, 1.807) is 20.8 Å². The highest BCUT2D eigenvalue weighted by molar-refractivity contribution is 5.69. The molecular formula is C16H25NO6. The van der Waals surface area contributed by atoms with Gasteiger partial charge in [0.15, 0.2) is 0 Å². The molecule has 2 saturated carbocycles. The van der Waals surface area contributed by atoms with Crippen molar-refractivity contribution in [3.05, 3.63) is 0 Å². The van der Waals surface area contributed by atoms with Crippen LogP contribution in [0, 0.1) is 11.3 Å². The van der Waals surface area contributed by atoms with E-state index >= 15 is 0 Å². The zero-order valence-corrected chi connectivity index (χ0v) is 14.3. The molecule has 0 aromatic rings. The van der Waals surface area contributed by atoms with Crippen molar-refractivity contribution < 1.29 is 28.6 Å². The molecule has 130 valence electrons. The molecule has 7 nitrogen and oxygen atoms in total. The molecule has 7 heteroatoms. The topological polar surface area (TPSA) is 90.9 Å². The third-order valence-electron chi connectivity index (χ3n) is 4.33. The molecule has 0 unspecified atom stereocenters. The minimum atomic E-state index is -0.573. The minimum absolute atomic E-state index is 0.124. The number of fused-ring (bicyclic) bond motifs is 1. The molecule has 0 aromatic carbocycles. The zero-order valence-electron chi connectivity index (χ0n) is 14.3. The summed E-state index contributed by atoms with van der Waals surface area (Å²) in [7, 11) is 0. The number of rotatable bonds is 4. The molecule has 0 aromatic heterocycles. The number of carbonyl (C=O) groups excluding carboxylic acids is 3. The van der Waals surface area contributed by atoms with Gasteiger partial charge in [-0.15, -0.1) is 0 Å². The first-order chi connectivity index (χ1) is 10.5. The van der Waals surface area contributed by atoms with E-state index in [0.717, 1.165) is 6.42 Å². The molecule has 2 rings (SSSR count). The summed E-state index contributed by atoms with van der Waals surface area (Å²) >= 11 is 0. The van der Waals surface area contributed by atoms with E-state index in [2.05, 4.69) is 5.32 Å². The maximum atomic E-state index is 12.0. The summed E-state index contributed by atoms with van der Waals surface area (Å²) in [5, 5.41) is 2.85. The van der Waals surface area contributed by atoms with Gasteiger partial charge in [-0.2, -0.15) is 0 Å². The van der Waals surface area contributed by atoms with E-state index in [4.69, 9.17) is 14.2 Å². The Balaban J connectivity index is 2.01. The Hall–Kier alpha value is -1.79. The predicted molar refractivity (Wildman–Crippen MR) is 80.5 cm³/mol. The highest BCUT2D eigenvalue weighted by atomic mass is 16.6. The van der Waals surface area contributed by atoms with Crippen LogP contribution in [-0.4, -0.2) is 42.4 Å². The van der Waals surface area contributed by atoms with E-state index in [0.29, 0.717) is 6.42 Å².